The van der Waals surface area contributed by atoms with Gasteiger partial charge in [0.1, 0.15) is 6.54 Å². The Morgan fingerprint density at radius 2 is 1.84 bits per heavy atom. The molecule has 0 spiro atoms. The van der Waals surface area contributed by atoms with E-state index in [9.17, 15) is 14.4 Å². The van der Waals surface area contributed by atoms with E-state index in [0.717, 1.165) is 34.8 Å². The topological polar surface area (TPSA) is 76.3 Å². The highest BCUT2D eigenvalue weighted by Crippen LogP contribution is 2.30. The van der Waals surface area contributed by atoms with Crippen LogP contribution in [0, 0.1) is 0 Å². The fourth-order valence-electron chi connectivity index (χ4n) is 3.79. The molecule has 1 aliphatic heterocycles. The molecule has 0 radical (unpaired) electrons. The predicted molar refractivity (Wildman–Crippen MR) is 128 cm³/mol. The van der Waals surface area contributed by atoms with Crippen LogP contribution in [-0.4, -0.2) is 39.6 Å². The van der Waals surface area contributed by atoms with Crippen molar-refractivity contribution < 1.29 is 4.79 Å². The molecule has 31 heavy (non-hydrogen) atoms. The zero-order valence-corrected chi connectivity index (χ0v) is 18.7. The fraction of sp³-hybridized carbons (Fsp3) is 0.318. The number of amides is 1. The van der Waals surface area contributed by atoms with Gasteiger partial charge in [0, 0.05) is 36.8 Å². The predicted octanol–water partition coefficient (Wildman–Crippen LogP) is 3.03. The number of hydrogen-bond donors (Lipinski definition) is 1. The average Bonchev–Trinajstić information content (AvgIpc) is 2.78. The Kier molecular flexibility index (Phi) is 6.38. The number of carbonyl (C=O) groups excluding carboxylic acids is 1. The second kappa shape index (κ2) is 9.20. The van der Waals surface area contributed by atoms with E-state index in [1.54, 1.807) is 37.3 Å². The van der Waals surface area contributed by atoms with Crippen LogP contribution in [0.1, 0.15) is 6.92 Å². The molecule has 3 aromatic rings. The van der Waals surface area contributed by atoms with E-state index < -0.39 is 5.69 Å². The molecule has 0 aliphatic carbocycles. The monoisotopic (exact) mass is 458 g/mol. The number of carbonyl (C=O) groups is 1. The van der Waals surface area contributed by atoms with Gasteiger partial charge in [0.15, 0.2) is 0 Å². The molecule has 162 valence electrons. The van der Waals surface area contributed by atoms with Crippen LogP contribution in [0.4, 0.5) is 11.4 Å². The Labute approximate surface area is 188 Å². The van der Waals surface area contributed by atoms with Crippen molar-refractivity contribution >= 4 is 51.5 Å². The summed E-state index contributed by atoms with van der Waals surface area (Å²) in [6.07, 6.45) is 0. The molecule has 1 saturated heterocycles. The summed E-state index contributed by atoms with van der Waals surface area (Å²) in [5.74, 6) is 1.77. The number of thioether (sulfide) groups is 1. The van der Waals surface area contributed by atoms with Gasteiger partial charge in [-0.3, -0.25) is 18.7 Å². The molecule has 0 bridgehead atoms. The highest BCUT2D eigenvalue weighted by Gasteiger charge is 2.17. The number of halogens is 1. The first-order valence-electron chi connectivity index (χ1n) is 10.1. The van der Waals surface area contributed by atoms with Crippen molar-refractivity contribution in [2.45, 2.75) is 20.0 Å². The van der Waals surface area contributed by atoms with Crippen molar-refractivity contribution in [3.8, 4) is 0 Å². The van der Waals surface area contributed by atoms with Crippen molar-refractivity contribution in [1.29, 1.82) is 0 Å². The molecule has 2 aromatic carbocycles. The van der Waals surface area contributed by atoms with Crippen LogP contribution < -0.4 is 21.5 Å². The van der Waals surface area contributed by atoms with Crippen LogP contribution in [0.15, 0.2) is 52.1 Å². The van der Waals surface area contributed by atoms with Gasteiger partial charge in [-0.05, 0) is 37.3 Å². The maximum Gasteiger partial charge on any atom is 0.331 e. The minimum atomic E-state index is -0.502. The van der Waals surface area contributed by atoms with Gasteiger partial charge in [-0.2, -0.15) is 11.8 Å². The summed E-state index contributed by atoms with van der Waals surface area (Å²) in [5.41, 5.74) is 1.10. The molecule has 7 nitrogen and oxygen atoms in total. The van der Waals surface area contributed by atoms with E-state index in [0.29, 0.717) is 21.6 Å². The summed E-state index contributed by atoms with van der Waals surface area (Å²) in [6, 6.07) is 12.3. The van der Waals surface area contributed by atoms with Crippen LogP contribution in [0.3, 0.4) is 0 Å². The van der Waals surface area contributed by atoms with Crippen LogP contribution in [0.5, 0.6) is 0 Å². The summed E-state index contributed by atoms with van der Waals surface area (Å²) in [4.78, 5) is 40.3. The molecular weight excluding hydrogens is 436 g/mol. The number of anilines is 2. The quantitative estimate of drug-likeness (QED) is 0.636. The van der Waals surface area contributed by atoms with Crippen LogP contribution in [0.2, 0.25) is 5.02 Å². The Balaban J connectivity index is 1.58. The van der Waals surface area contributed by atoms with Crippen molar-refractivity contribution in [1.82, 2.24) is 9.13 Å². The average molecular weight is 459 g/mol. The van der Waals surface area contributed by atoms with Crippen molar-refractivity contribution in [2.24, 2.45) is 0 Å². The maximum atomic E-state index is 12.8. The lowest BCUT2D eigenvalue weighted by molar-refractivity contribution is -0.116. The van der Waals surface area contributed by atoms with E-state index in [1.807, 2.05) is 23.9 Å². The van der Waals surface area contributed by atoms with E-state index >= 15 is 0 Å². The van der Waals surface area contributed by atoms with Crippen molar-refractivity contribution in [3.05, 3.63) is 68.3 Å². The van der Waals surface area contributed by atoms with Gasteiger partial charge in [0.25, 0.3) is 5.56 Å². The number of rotatable bonds is 5. The van der Waals surface area contributed by atoms with Gasteiger partial charge in [0.2, 0.25) is 5.91 Å². The Morgan fingerprint density at radius 3 is 2.55 bits per heavy atom. The lowest BCUT2D eigenvalue weighted by atomic mass is 10.2. The molecule has 0 saturated carbocycles. The number of fused-ring (bicyclic) bond motifs is 1. The molecule has 1 N–H and O–H groups in total. The third-order valence-corrected chi connectivity index (χ3v) is 6.58. The molecule has 0 atom stereocenters. The number of nitrogens with zero attached hydrogens (tertiary/aromatic N) is 3. The summed E-state index contributed by atoms with van der Waals surface area (Å²) in [7, 11) is 0. The minimum Gasteiger partial charge on any atom is -0.369 e. The summed E-state index contributed by atoms with van der Waals surface area (Å²) in [6.45, 7) is 3.64. The third-order valence-electron chi connectivity index (χ3n) is 5.33. The van der Waals surface area contributed by atoms with Gasteiger partial charge in [0.05, 0.1) is 21.6 Å². The second-order valence-electron chi connectivity index (χ2n) is 7.25. The Bertz CT molecular complexity index is 1250. The summed E-state index contributed by atoms with van der Waals surface area (Å²) < 4.78 is 2.47. The van der Waals surface area contributed by atoms with E-state index in [4.69, 9.17) is 11.6 Å². The SMILES string of the molecule is CCn1c(=O)c2ccccc2n(CC(=O)Nc2ccc(N3CCSCC3)c(Cl)c2)c1=O. The largest absolute Gasteiger partial charge is 0.369 e. The van der Waals surface area contributed by atoms with Crippen LogP contribution >= 0.6 is 23.4 Å². The van der Waals surface area contributed by atoms with Gasteiger partial charge in [-0.1, -0.05) is 23.7 Å². The third kappa shape index (κ3) is 4.36. The zero-order chi connectivity index (χ0) is 22.0. The molecule has 4 rings (SSSR count). The minimum absolute atomic E-state index is 0.206. The van der Waals surface area contributed by atoms with E-state index in [1.165, 1.54) is 4.57 Å². The number of benzene rings is 2. The lowest BCUT2D eigenvalue weighted by Crippen LogP contribution is -2.41. The summed E-state index contributed by atoms with van der Waals surface area (Å²) in [5, 5.41) is 3.79. The van der Waals surface area contributed by atoms with Gasteiger partial charge < -0.3 is 10.2 Å². The number of para-hydroxylation sites is 1. The molecule has 1 aromatic heterocycles. The summed E-state index contributed by atoms with van der Waals surface area (Å²) >= 11 is 8.40. The zero-order valence-electron chi connectivity index (χ0n) is 17.1. The highest BCUT2D eigenvalue weighted by atomic mass is 35.5. The van der Waals surface area contributed by atoms with Gasteiger partial charge in [-0.25, -0.2) is 4.79 Å². The number of hydrogen-bond acceptors (Lipinski definition) is 5. The molecule has 1 amide bonds. The van der Waals surface area contributed by atoms with Gasteiger partial charge >= 0.3 is 5.69 Å². The maximum absolute atomic E-state index is 12.8. The van der Waals surface area contributed by atoms with Crippen LogP contribution in [0.25, 0.3) is 10.9 Å². The van der Waals surface area contributed by atoms with Crippen molar-refractivity contribution in [2.75, 3.05) is 34.8 Å². The second-order valence-corrected chi connectivity index (χ2v) is 8.88. The molecule has 2 heterocycles. The Morgan fingerprint density at radius 1 is 1.10 bits per heavy atom. The molecule has 1 aliphatic rings. The molecule has 1 fully saturated rings. The first kappa shape index (κ1) is 21.5. The molecule has 9 heteroatoms. The number of nitrogens with one attached hydrogen (secondary N) is 1. The van der Waals surface area contributed by atoms with Crippen LogP contribution in [-0.2, 0) is 17.9 Å². The Hall–Kier alpha value is -2.71. The van der Waals surface area contributed by atoms with E-state index in [2.05, 4.69) is 10.2 Å². The standard InChI is InChI=1S/C22H23ClN4O3S/c1-2-26-21(29)16-5-3-4-6-18(16)27(22(26)30)14-20(28)24-15-7-8-19(17(23)13-15)25-9-11-31-12-10-25/h3-8,13H,2,9-12,14H2,1H3,(H,24,28). The first-order valence-corrected chi connectivity index (χ1v) is 11.7. The highest BCUT2D eigenvalue weighted by molar-refractivity contribution is 7.99. The molecular formula is C22H23ClN4O3S. The van der Waals surface area contributed by atoms with Crippen molar-refractivity contribution in [3.63, 3.8) is 0 Å². The van der Waals surface area contributed by atoms with E-state index in [-0.39, 0.29) is 24.6 Å². The van der Waals surface area contributed by atoms with Gasteiger partial charge in [-0.15, -0.1) is 0 Å². The molecule has 0 unspecified atom stereocenters. The lowest BCUT2D eigenvalue weighted by Gasteiger charge is -2.29. The first-order chi connectivity index (χ1) is 15.0. The normalized spacial score (nSPS) is 14.1. The smallest absolute Gasteiger partial charge is 0.331 e. The fourth-order valence-corrected chi connectivity index (χ4v) is 5.00. The number of aromatic nitrogens is 2.